The van der Waals surface area contributed by atoms with Crippen molar-refractivity contribution in [3.63, 3.8) is 0 Å². The van der Waals surface area contributed by atoms with Crippen molar-refractivity contribution in [3.05, 3.63) is 59.7 Å². The third-order valence-electron chi connectivity index (χ3n) is 4.08. The van der Waals surface area contributed by atoms with Crippen molar-refractivity contribution in [2.24, 2.45) is 0 Å². The third-order valence-corrected chi connectivity index (χ3v) is 4.08. The molecule has 2 N–H and O–H groups in total. The number of hydrogen-bond donors (Lipinski definition) is 2. The smallest absolute Gasteiger partial charge is 0.198 e. The fourth-order valence-corrected chi connectivity index (χ4v) is 2.52. The summed E-state index contributed by atoms with van der Waals surface area (Å²) in [4.78, 5) is 13.0. The molecule has 2 aromatic carbocycles. The average molecular weight is 360 g/mol. The Balaban J connectivity index is 2.20. The van der Waals surface area contributed by atoms with E-state index >= 15 is 0 Å². The Kier molecular flexibility index (Phi) is 7.15. The van der Waals surface area contributed by atoms with Gasteiger partial charge in [0, 0.05) is 12.7 Å². The summed E-state index contributed by atoms with van der Waals surface area (Å²) in [5.41, 5.74) is 0.0384. The topological polar surface area (TPSA) is 85.2 Å². The molecule has 140 valence electrons. The van der Waals surface area contributed by atoms with Gasteiger partial charge in [-0.05, 0) is 48.9 Å². The number of ether oxygens (including phenoxy) is 3. The summed E-state index contributed by atoms with van der Waals surface area (Å²) in [5.74, 6) is 1.01. The first-order chi connectivity index (χ1) is 12.5. The van der Waals surface area contributed by atoms with Crippen molar-refractivity contribution in [1.29, 1.82) is 0 Å². The highest BCUT2D eigenvalue weighted by Crippen LogP contribution is 2.31. The van der Waals surface area contributed by atoms with Gasteiger partial charge in [0.1, 0.15) is 24.7 Å². The minimum absolute atomic E-state index is 0.0615. The molecule has 1 atom stereocenters. The van der Waals surface area contributed by atoms with Gasteiger partial charge in [-0.1, -0.05) is 12.1 Å². The Labute approximate surface area is 152 Å². The van der Waals surface area contributed by atoms with Gasteiger partial charge in [0.2, 0.25) is 0 Å². The fraction of sp³-hybridized carbons (Fsp3) is 0.350. The maximum absolute atomic E-state index is 13.0. The molecule has 0 radical (unpaired) electrons. The quantitative estimate of drug-likeness (QED) is 0.632. The highest BCUT2D eigenvalue weighted by molar-refractivity contribution is 6.02. The minimum atomic E-state index is -1.15. The maximum atomic E-state index is 13.0. The lowest BCUT2D eigenvalue weighted by atomic mass is 9.87. The number of benzene rings is 2. The molecular formula is C20H24O6. The number of methoxy groups -OCH3 is 1. The second-order valence-electron chi connectivity index (χ2n) is 5.76. The van der Waals surface area contributed by atoms with E-state index in [0.717, 1.165) is 0 Å². The monoisotopic (exact) mass is 360 g/mol. The molecule has 2 rings (SSSR count). The number of hydrogen-bond acceptors (Lipinski definition) is 6. The molecule has 26 heavy (non-hydrogen) atoms. The molecule has 0 amide bonds. The molecular weight excluding hydrogens is 336 g/mol. The van der Waals surface area contributed by atoms with E-state index < -0.39 is 5.60 Å². The Hall–Kier alpha value is -2.41. The van der Waals surface area contributed by atoms with Crippen LogP contribution in [0.3, 0.4) is 0 Å². The molecule has 0 heterocycles. The van der Waals surface area contributed by atoms with Crippen molar-refractivity contribution in [3.8, 4) is 11.5 Å². The average Bonchev–Trinajstić information content (AvgIpc) is 2.70. The first kappa shape index (κ1) is 19.9. The number of aliphatic hydroxyl groups is 2. The van der Waals surface area contributed by atoms with Crippen LogP contribution in [0.25, 0.3) is 0 Å². The van der Waals surface area contributed by atoms with Crippen molar-refractivity contribution in [1.82, 2.24) is 0 Å². The second-order valence-corrected chi connectivity index (χ2v) is 5.76. The number of carbonyl (C=O) groups is 1. The van der Waals surface area contributed by atoms with E-state index in [-0.39, 0.29) is 32.2 Å². The summed E-state index contributed by atoms with van der Waals surface area (Å²) in [7, 11) is 1.49. The summed E-state index contributed by atoms with van der Waals surface area (Å²) in [6.45, 7) is 2.00. The van der Waals surface area contributed by atoms with E-state index in [0.29, 0.717) is 22.6 Å². The van der Waals surface area contributed by atoms with Crippen LogP contribution in [0.1, 0.15) is 22.8 Å². The molecule has 6 heteroatoms. The van der Waals surface area contributed by atoms with Crippen LogP contribution >= 0.6 is 0 Å². The number of aliphatic hydroxyl groups excluding tert-OH is 2. The van der Waals surface area contributed by atoms with Crippen LogP contribution in [0, 0.1) is 0 Å². The summed E-state index contributed by atoms with van der Waals surface area (Å²) >= 11 is 0. The van der Waals surface area contributed by atoms with Gasteiger partial charge >= 0.3 is 0 Å². The largest absolute Gasteiger partial charge is 0.491 e. The highest BCUT2D eigenvalue weighted by Gasteiger charge is 2.35. The molecule has 6 nitrogen and oxygen atoms in total. The van der Waals surface area contributed by atoms with E-state index in [1.54, 1.807) is 55.5 Å². The molecule has 0 bridgehead atoms. The van der Waals surface area contributed by atoms with Crippen LogP contribution in [0.2, 0.25) is 0 Å². The molecule has 2 aromatic rings. The molecule has 0 spiro atoms. The van der Waals surface area contributed by atoms with Crippen molar-refractivity contribution in [2.75, 3.05) is 33.5 Å². The standard InChI is InChI=1S/C20H24O6/c1-20(24-2,16-5-9-18(10-6-16)26-14-12-22)19(23)15-3-7-17(8-4-15)25-13-11-21/h3-10,21-22H,11-14H2,1-2H3. The minimum Gasteiger partial charge on any atom is -0.491 e. The molecule has 0 aliphatic heterocycles. The third kappa shape index (κ3) is 4.60. The molecule has 0 fully saturated rings. The van der Waals surface area contributed by atoms with E-state index in [4.69, 9.17) is 24.4 Å². The number of rotatable bonds is 10. The van der Waals surface area contributed by atoms with Gasteiger partial charge in [-0.25, -0.2) is 0 Å². The second kappa shape index (κ2) is 9.33. The summed E-state index contributed by atoms with van der Waals surface area (Å²) < 4.78 is 16.2. The molecule has 0 saturated heterocycles. The lowest BCUT2D eigenvalue weighted by molar-refractivity contribution is 0.0101. The molecule has 1 unspecified atom stereocenters. The predicted molar refractivity (Wildman–Crippen MR) is 96.7 cm³/mol. The van der Waals surface area contributed by atoms with Crippen molar-refractivity contribution >= 4 is 5.78 Å². The van der Waals surface area contributed by atoms with E-state index in [2.05, 4.69) is 0 Å². The van der Waals surface area contributed by atoms with E-state index in [1.807, 2.05) is 0 Å². The number of ketones is 1. The van der Waals surface area contributed by atoms with Gasteiger partial charge in [-0.3, -0.25) is 4.79 Å². The van der Waals surface area contributed by atoms with Gasteiger partial charge in [-0.15, -0.1) is 0 Å². The zero-order valence-corrected chi connectivity index (χ0v) is 15.0. The van der Waals surface area contributed by atoms with Crippen LogP contribution in [0.4, 0.5) is 0 Å². The number of carbonyl (C=O) groups excluding carboxylic acids is 1. The van der Waals surface area contributed by atoms with Gasteiger partial charge in [0.15, 0.2) is 11.4 Å². The Morgan fingerprint density at radius 3 is 1.77 bits per heavy atom. The predicted octanol–water partition coefficient (Wildman–Crippen LogP) is 2.17. The summed E-state index contributed by atoms with van der Waals surface area (Å²) in [5, 5.41) is 17.6. The first-order valence-corrected chi connectivity index (χ1v) is 8.33. The Bertz CT molecular complexity index is 695. The lowest BCUT2D eigenvalue weighted by Crippen LogP contribution is -2.34. The van der Waals surface area contributed by atoms with Crippen LogP contribution in [0.5, 0.6) is 11.5 Å². The lowest BCUT2D eigenvalue weighted by Gasteiger charge is -2.27. The molecule has 0 aromatic heterocycles. The summed E-state index contributed by atoms with van der Waals surface area (Å²) in [6.07, 6.45) is 0. The normalized spacial score (nSPS) is 13.1. The van der Waals surface area contributed by atoms with Crippen LogP contribution < -0.4 is 9.47 Å². The number of Topliss-reactive ketones (excluding diaryl/α,β-unsaturated/α-hetero) is 1. The zero-order chi connectivity index (χ0) is 19.0. The van der Waals surface area contributed by atoms with Crippen molar-refractivity contribution < 1.29 is 29.2 Å². The molecule has 0 aliphatic carbocycles. The SMILES string of the molecule is COC(C)(C(=O)c1ccc(OCCO)cc1)c1ccc(OCCO)cc1. The van der Waals surface area contributed by atoms with E-state index in [1.165, 1.54) is 7.11 Å². The zero-order valence-electron chi connectivity index (χ0n) is 15.0. The Morgan fingerprint density at radius 1 is 0.885 bits per heavy atom. The van der Waals surface area contributed by atoms with Crippen molar-refractivity contribution in [2.45, 2.75) is 12.5 Å². The first-order valence-electron chi connectivity index (χ1n) is 8.33. The van der Waals surface area contributed by atoms with Gasteiger partial charge < -0.3 is 24.4 Å². The van der Waals surface area contributed by atoms with Gasteiger partial charge in [-0.2, -0.15) is 0 Å². The fourth-order valence-electron chi connectivity index (χ4n) is 2.52. The van der Waals surface area contributed by atoms with Gasteiger partial charge in [0.25, 0.3) is 0 Å². The highest BCUT2D eigenvalue weighted by atomic mass is 16.5. The van der Waals surface area contributed by atoms with Gasteiger partial charge in [0.05, 0.1) is 13.2 Å². The summed E-state index contributed by atoms with van der Waals surface area (Å²) in [6, 6.07) is 13.7. The van der Waals surface area contributed by atoms with Crippen LogP contribution in [-0.4, -0.2) is 49.5 Å². The maximum Gasteiger partial charge on any atom is 0.198 e. The van der Waals surface area contributed by atoms with Crippen LogP contribution in [0.15, 0.2) is 48.5 Å². The van der Waals surface area contributed by atoms with E-state index in [9.17, 15) is 4.79 Å². The molecule has 0 saturated carbocycles. The Morgan fingerprint density at radius 2 is 1.35 bits per heavy atom. The van der Waals surface area contributed by atoms with Crippen LogP contribution in [-0.2, 0) is 10.3 Å². The molecule has 0 aliphatic rings.